The molecule has 0 atom stereocenters. The van der Waals surface area contributed by atoms with Crippen LogP contribution in [-0.2, 0) is 19.5 Å². The largest absolute Gasteiger partial charge is 2.00 e. The Morgan fingerprint density at radius 3 is 2.18 bits per heavy atom. The molecule has 0 saturated carbocycles. The Labute approximate surface area is 78.0 Å². The number of imidazole rings is 1. The van der Waals surface area contributed by atoms with E-state index in [1.54, 1.807) is 24.8 Å². The van der Waals surface area contributed by atoms with Crippen LogP contribution >= 0.6 is 0 Å². The van der Waals surface area contributed by atoms with Crippen LogP contribution in [0.1, 0.15) is 0 Å². The number of rotatable bonds is 0. The first-order valence-electron chi connectivity index (χ1n) is 2.87. The van der Waals surface area contributed by atoms with E-state index in [-0.39, 0.29) is 19.5 Å². The second kappa shape index (κ2) is 7.22. The second-order valence-corrected chi connectivity index (χ2v) is 1.53. The summed E-state index contributed by atoms with van der Waals surface area (Å²) in [6.07, 6.45) is 9.33. The van der Waals surface area contributed by atoms with Crippen LogP contribution in [-0.4, -0.2) is 9.97 Å². The van der Waals surface area contributed by atoms with Crippen LogP contribution < -0.4 is 4.98 Å². The fourth-order valence-electron chi connectivity index (χ4n) is 0.435. The van der Waals surface area contributed by atoms with E-state index in [0.29, 0.717) is 0 Å². The first-order valence-corrected chi connectivity index (χ1v) is 2.87. The molecule has 2 rings (SSSR count). The number of hydrogen-bond donors (Lipinski definition) is 1. The fraction of sp³-hybridized carbons (Fsp3) is 0. The molecule has 2 aromatic heterocycles. The van der Waals surface area contributed by atoms with E-state index in [1.807, 2.05) is 12.1 Å². The molecule has 0 spiro atoms. The van der Waals surface area contributed by atoms with Crippen LogP contribution in [0.2, 0.25) is 0 Å². The zero-order valence-corrected chi connectivity index (χ0v) is 7.45. The van der Waals surface area contributed by atoms with Crippen LogP contribution in [0, 0.1) is 6.33 Å². The van der Waals surface area contributed by atoms with Crippen molar-refractivity contribution < 1.29 is 19.5 Å². The van der Waals surface area contributed by atoms with E-state index in [0.717, 1.165) is 0 Å². The van der Waals surface area contributed by atoms with Gasteiger partial charge in [0.1, 0.15) is 0 Å². The molecule has 0 unspecified atom stereocenters. The summed E-state index contributed by atoms with van der Waals surface area (Å²) in [7, 11) is 0. The molecule has 0 aliphatic rings. The molecule has 0 saturated heterocycles. The standard InChI is InChI=1S/C4H4N.C3H3N2.Ru/c1-2-4-5-3-1;1-2-5-3-4-1;/h1-4H;1-2H,(H,4,5);/q2*-1;+2. The molecule has 58 valence electrons. The summed E-state index contributed by atoms with van der Waals surface area (Å²) in [4.78, 5) is 9.89. The third-order valence-corrected chi connectivity index (χ3v) is 0.817. The molecule has 2 heterocycles. The predicted molar refractivity (Wildman–Crippen MR) is 37.2 cm³/mol. The van der Waals surface area contributed by atoms with Crippen molar-refractivity contribution in [1.82, 2.24) is 15.0 Å². The van der Waals surface area contributed by atoms with E-state index in [9.17, 15) is 0 Å². The Balaban J connectivity index is 0.000000167. The van der Waals surface area contributed by atoms with Crippen molar-refractivity contribution in [3.8, 4) is 0 Å². The van der Waals surface area contributed by atoms with Gasteiger partial charge in [0.25, 0.3) is 0 Å². The molecule has 4 heteroatoms. The molecule has 0 amide bonds. The summed E-state index contributed by atoms with van der Waals surface area (Å²) in [6, 6.07) is 3.78. The molecule has 3 nitrogen and oxygen atoms in total. The van der Waals surface area contributed by atoms with Gasteiger partial charge in [-0.2, -0.15) is 12.4 Å². The van der Waals surface area contributed by atoms with Gasteiger partial charge < -0.3 is 15.0 Å². The molecule has 0 fully saturated rings. The predicted octanol–water partition coefficient (Wildman–Crippen LogP) is 0.851. The average Bonchev–Trinajstić information content (AvgIpc) is 2.67. The van der Waals surface area contributed by atoms with Crippen molar-refractivity contribution in [2.75, 3.05) is 0 Å². The van der Waals surface area contributed by atoms with Gasteiger partial charge in [0.15, 0.2) is 0 Å². The van der Waals surface area contributed by atoms with Crippen molar-refractivity contribution in [1.29, 1.82) is 0 Å². The third kappa shape index (κ3) is 5.55. The Morgan fingerprint density at radius 2 is 2.00 bits per heavy atom. The SMILES string of the molecule is [Ru+2].[c-]1ncc[nH]1.c1cc[n-]c1. The minimum absolute atomic E-state index is 0. The molecule has 0 bridgehead atoms. The molecule has 0 aromatic carbocycles. The minimum Gasteiger partial charge on any atom is -0.670 e. The van der Waals surface area contributed by atoms with Crippen LogP contribution in [0.25, 0.3) is 0 Å². The summed E-state index contributed by atoms with van der Waals surface area (Å²) >= 11 is 0. The van der Waals surface area contributed by atoms with Crippen molar-refractivity contribution in [3.05, 3.63) is 43.2 Å². The maximum atomic E-state index is 3.72. The van der Waals surface area contributed by atoms with E-state index in [2.05, 4.69) is 21.3 Å². The second-order valence-electron chi connectivity index (χ2n) is 1.53. The molecule has 1 N–H and O–H groups in total. The van der Waals surface area contributed by atoms with Gasteiger partial charge >= 0.3 is 19.5 Å². The molecule has 11 heavy (non-hydrogen) atoms. The molecule has 0 aliphatic heterocycles. The van der Waals surface area contributed by atoms with Gasteiger partial charge in [0.2, 0.25) is 0 Å². The van der Waals surface area contributed by atoms with Crippen LogP contribution in [0.15, 0.2) is 36.9 Å². The summed E-state index contributed by atoms with van der Waals surface area (Å²) in [5.41, 5.74) is 0. The first-order chi connectivity index (χ1) is 5.00. The smallest absolute Gasteiger partial charge is 0.670 e. The van der Waals surface area contributed by atoms with Crippen LogP contribution in [0.3, 0.4) is 0 Å². The molecule has 0 aliphatic carbocycles. The zero-order valence-electron chi connectivity index (χ0n) is 5.71. The van der Waals surface area contributed by atoms with Gasteiger partial charge in [-0.3, -0.25) is 0 Å². The summed E-state index contributed by atoms with van der Waals surface area (Å²) in [5.74, 6) is 0. The number of H-pyrrole nitrogens is 1. The Hall–Kier alpha value is -0.887. The fourth-order valence-corrected chi connectivity index (χ4v) is 0.435. The summed E-state index contributed by atoms with van der Waals surface area (Å²) in [5, 5.41) is 0. The number of hydrogen-bond acceptors (Lipinski definition) is 1. The molecule has 0 radical (unpaired) electrons. The molecule has 2 aromatic rings. The van der Waals surface area contributed by atoms with Gasteiger partial charge in [0.05, 0.1) is 0 Å². The van der Waals surface area contributed by atoms with E-state index in [1.165, 1.54) is 0 Å². The topological polar surface area (TPSA) is 42.8 Å². The zero-order chi connectivity index (χ0) is 7.07. The molecular weight excluding hydrogens is 227 g/mol. The normalized spacial score (nSPS) is 7.27. The summed E-state index contributed by atoms with van der Waals surface area (Å²) in [6.45, 7) is 0. The Bertz CT molecular complexity index is 153. The number of nitrogens with one attached hydrogen (secondary N) is 1. The van der Waals surface area contributed by atoms with E-state index < -0.39 is 0 Å². The third-order valence-electron chi connectivity index (χ3n) is 0.817. The first kappa shape index (κ1) is 10.1. The van der Waals surface area contributed by atoms with Gasteiger partial charge in [-0.05, 0) is 6.33 Å². The average molecular weight is 234 g/mol. The van der Waals surface area contributed by atoms with Crippen LogP contribution in [0.5, 0.6) is 0 Å². The maximum absolute atomic E-state index is 3.72. The number of nitrogens with zero attached hydrogens (tertiary/aromatic N) is 2. The van der Waals surface area contributed by atoms with Gasteiger partial charge in [0, 0.05) is 0 Å². The monoisotopic (exact) mass is 235 g/mol. The van der Waals surface area contributed by atoms with Crippen LogP contribution in [0.4, 0.5) is 0 Å². The van der Waals surface area contributed by atoms with E-state index >= 15 is 0 Å². The van der Waals surface area contributed by atoms with Gasteiger partial charge in [-0.15, -0.1) is 12.4 Å². The van der Waals surface area contributed by atoms with E-state index in [4.69, 9.17) is 0 Å². The minimum atomic E-state index is 0. The Morgan fingerprint density at radius 1 is 1.27 bits per heavy atom. The van der Waals surface area contributed by atoms with Crippen molar-refractivity contribution in [2.24, 2.45) is 0 Å². The van der Waals surface area contributed by atoms with Crippen molar-refractivity contribution in [3.63, 3.8) is 0 Å². The maximum Gasteiger partial charge on any atom is 2.00 e. The van der Waals surface area contributed by atoms with Gasteiger partial charge in [-0.25, -0.2) is 0 Å². The quantitative estimate of drug-likeness (QED) is 0.542. The number of aromatic amines is 1. The van der Waals surface area contributed by atoms with Crippen molar-refractivity contribution >= 4 is 0 Å². The van der Waals surface area contributed by atoms with Gasteiger partial charge in [-0.1, -0.05) is 12.1 Å². The number of aromatic nitrogens is 3. The summed E-state index contributed by atoms with van der Waals surface area (Å²) < 4.78 is 0. The van der Waals surface area contributed by atoms with Crippen molar-refractivity contribution in [2.45, 2.75) is 0 Å². The Kier molecular flexibility index (Phi) is 6.64. The molecular formula is C7H7N3Ru.